The Morgan fingerprint density at radius 2 is 2.14 bits per heavy atom. The van der Waals surface area contributed by atoms with Crippen LogP contribution in [0.25, 0.3) is 0 Å². The number of nitrogens with one attached hydrogen (secondary N) is 2. The standard InChI is InChI=1S/C20H28N4O4/c1-23-19(26)22-12-20(23)13-24(14-20)10-15-4-6-16(7-5-15)28-11-18(25)21-9-17-3-2-8-27-17/h4-7,17H,2-3,8-14H2,1H3,(H,21,25)(H,22,26). The van der Waals surface area contributed by atoms with Gasteiger partial charge in [-0.15, -0.1) is 0 Å². The van der Waals surface area contributed by atoms with Crippen molar-refractivity contribution in [2.75, 3.05) is 46.4 Å². The Morgan fingerprint density at radius 1 is 1.36 bits per heavy atom. The summed E-state index contributed by atoms with van der Waals surface area (Å²) in [6.07, 6.45) is 2.21. The maximum Gasteiger partial charge on any atom is 0.317 e. The van der Waals surface area contributed by atoms with Crippen molar-refractivity contribution in [2.45, 2.75) is 31.0 Å². The van der Waals surface area contributed by atoms with Gasteiger partial charge in [-0.2, -0.15) is 0 Å². The third-order valence-electron chi connectivity index (χ3n) is 5.87. The van der Waals surface area contributed by atoms with Gasteiger partial charge in [0.1, 0.15) is 5.75 Å². The average Bonchev–Trinajstić information content (AvgIpc) is 3.29. The van der Waals surface area contributed by atoms with E-state index in [-0.39, 0.29) is 30.2 Å². The second kappa shape index (κ2) is 7.97. The summed E-state index contributed by atoms with van der Waals surface area (Å²) in [5.74, 6) is 0.552. The van der Waals surface area contributed by atoms with Gasteiger partial charge in [-0.3, -0.25) is 9.69 Å². The van der Waals surface area contributed by atoms with Crippen LogP contribution in [0.1, 0.15) is 18.4 Å². The van der Waals surface area contributed by atoms with Crippen molar-refractivity contribution < 1.29 is 19.1 Å². The molecule has 4 rings (SSSR count). The maximum absolute atomic E-state index is 11.9. The van der Waals surface area contributed by atoms with Crippen molar-refractivity contribution >= 4 is 11.9 Å². The summed E-state index contributed by atoms with van der Waals surface area (Å²) >= 11 is 0. The van der Waals surface area contributed by atoms with E-state index < -0.39 is 0 Å². The molecule has 1 aromatic carbocycles. The molecule has 3 heterocycles. The highest BCUT2D eigenvalue weighted by atomic mass is 16.5. The number of likely N-dealkylation sites (tertiary alicyclic amines) is 1. The van der Waals surface area contributed by atoms with Crippen LogP contribution in [0.4, 0.5) is 4.79 Å². The van der Waals surface area contributed by atoms with E-state index in [1.165, 1.54) is 5.56 Å². The second-order valence-electron chi connectivity index (χ2n) is 7.96. The smallest absolute Gasteiger partial charge is 0.317 e. The molecule has 1 unspecified atom stereocenters. The molecule has 152 valence electrons. The van der Waals surface area contributed by atoms with Gasteiger partial charge in [0.2, 0.25) is 0 Å². The first-order valence-electron chi connectivity index (χ1n) is 9.88. The molecule has 1 spiro atoms. The lowest BCUT2D eigenvalue weighted by Crippen LogP contribution is -2.68. The zero-order valence-electron chi connectivity index (χ0n) is 16.3. The van der Waals surface area contributed by atoms with Gasteiger partial charge in [0.05, 0.1) is 11.6 Å². The summed E-state index contributed by atoms with van der Waals surface area (Å²) in [4.78, 5) is 27.7. The van der Waals surface area contributed by atoms with E-state index in [0.29, 0.717) is 12.3 Å². The van der Waals surface area contributed by atoms with Crippen molar-refractivity contribution in [3.63, 3.8) is 0 Å². The first kappa shape index (κ1) is 19.0. The molecule has 0 aliphatic carbocycles. The lowest BCUT2D eigenvalue weighted by atomic mass is 9.89. The minimum atomic E-state index is -0.130. The number of hydrogen-bond acceptors (Lipinski definition) is 5. The molecule has 3 fully saturated rings. The number of benzene rings is 1. The van der Waals surface area contributed by atoms with E-state index in [2.05, 4.69) is 15.5 Å². The van der Waals surface area contributed by atoms with Crippen molar-refractivity contribution in [2.24, 2.45) is 0 Å². The van der Waals surface area contributed by atoms with E-state index in [4.69, 9.17) is 9.47 Å². The molecule has 3 aliphatic rings. The van der Waals surface area contributed by atoms with Gasteiger partial charge in [-0.05, 0) is 30.5 Å². The third kappa shape index (κ3) is 4.07. The van der Waals surface area contributed by atoms with Crippen LogP contribution in [0.2, 0.25) is 0 Å². The number of rotatable bonds is 7. The number of ether oxygens (including phenoxy) is 2. The van der Waals surface area contributed by atoms with Crippen LogP contribution in [-0.4, -0.2) is 79.8 Å². The summed E-state index contributed by atoms with van der Waals surface area (Å²) in [6, 6.07) is 7.84. The fourth-order valence-electron chi connectivity index (χ4n) is 4.10. The highest BCUT2D eigenvalue weighted by Crippen LogP contribution is 2.31. The number of likely N-dealkylation sites (N-methyl/N-ethyl adjacent to an activating group) is 1. The summed E-state index contributed by atoms with van der Waals surface area (Å²) in [5.41, 5.74) is 1.14. The molecule has 2 N–H and O–H groups in total. The predicted molar refractivity (Wildman–Crippen MR) is 103 cm³/mol. The topological polar surface area (TPSA) is 83.1 Å². The van der Waals surface area contributed by atoms with Crippen molar-refractivity contribution in [1.82, 2.24) is 20.4 Å². The fraction of sp³-hybridized carbons (Fsp3) is 0.600. The second-order valence-corrected chi connectivity index (χ2v) is 7.96. The Bertz CT molecular complexity index is 711. The summed E-state index contributed by atoms with van der Waals surface area (Å²) in [5, 5.41) is 5.76. The normalized spacial score (nSPS) is 23.5. The Labute approximate surface area is 165 Å². The first-order valence-corrected chi connectivity index (χ1v) is 9.88. The van der Waals surface area contributed by atoms with E-state index in [9.17, 15) is 9.59 Å². The van der Waals surface area contributed by atoms with E-state index in [1.807, 2.05) is 36.2 Å². The van der Waals surface area contributed by atoms with Crippen LogP contribution >= 0.6 is 0 Å². The summed E-state index contributed by atoms with van der Waals surface area (Å²) in [7, 11) is 1.86. The molecule has 8 nitrogen and oxygen atoms in total. The molecule has 0 bridgehead atoms. The zero-order valence-corrected chi connectivity index (χ0v) is 16.3. The van der Waals surface area contributed by atoms with Crippen molar-refractivity contribution in [1.29, 1.82) is 0 Å². The van der Waals surface area contributed by atoms with E-state index >= 15 is 0 Å². The average molecular weight is 388 g/mol. The molecule has 8 heteroatoms. The number of amides is 3. The molecular formula is C20H28N4O4. The lowest BCUT2D eigenvalue weighted by Gasteiger charge is -2.50. The summed E-state index contributed by atoms with van der Waals surface area (Å²) < 4.78 is 11.1. The van der Waals surface area contributed by atoms with Crippen molar-refractivity contribution in [3.8, 4) is 5.75 Å². The molecule has 3 amide bonds. The molecule has 0 saturated carbocycles. The van der Waals surface area contributed by atoms with Crippen LogP contribution in [0.15, 0.2) is 24.3 Å². The molecular weight excluding hydrogens is 360 g/mol. The fourth-order valence-corrected chi connectivity index (χ4v) is 4.10. The Morgan fingerprint density at radius 3 is 2.79 bits per heavy atom. The van der Waals surface area contributed by atoms with Crippen LogP contribution in [0.3, 0.4) is 0 Å². The van der Waals surface area contributed by atoms with Gasteiger partial charge in [-0.1, -0.05) is 12.1 Å². The van der Waals surface area contributed by atoms with Crippen LogP contribution in [0, 0.1) is 0 Å². The van der Waals surface area contributed by atoms with Crippen LogP contribution in [-0.2, 0) is 16.1 Å². The number of carbonyl (C=O) groups excluding carboxylic acids is 2. The maximum atomic E-state index is 11.9. The number of nitrogens with zero attached hydrogens (tertiary/aromatic N) is 2. The van der Waals surface area contributed by atoms with Crippen LogP contribution in [0.5, 0.6) is 5.75 Å². The number of carbonyl (C=O) groups is 2. The molecule has 0 aromatic heterocycles. The minimum Gasteiger partial charge on any atom is -0.484 e. The largest absolute Gasteiger partial charge is 0.484 e. The first-order chi connectivity index (χ1) is 13.5. The van der Waals surface area contributed by atoms with E-state index in [1.54, 1.807) is 0 Å². The quantitative estimate of drug-likeness (QED) is 0.714. The molecule has 0 radical (unpaired) electrons. The van der Waals surface area contributed by atoms with Crippen molar-refractivity contribution in [3.05, 3.63) is 29.8 Å². The van der Waals surface area contributed by atoms with E-state index in [0.717, 1.165) is 45.6 Å². The highest BCUT2D eigenvalue weighted by molar-refractivity contribution is 5.78. The molecule has 3 saturated heterocycles. The zero-order chi connectivity index (χ0) is 19.6. The number of hydrogen-bond donors (Lipinski definition) is 2. The molecule has 3 aliphatic heterocycles. The van der Waals surface area contributed by atoms with Gasteiger partial charge in [0, 0.05) is 46.4 Å². The van der Waals surface area contributed by atoms with Gasteiger partial charge in [-0.25, -0.2) is 4.79 Å². The molecule has 1 atom stereocenters. The molecule has 28 heavy (non-hydrogen) atoms. The minimum absolute atomic E-state index is 0.00801. The van der Waals surface area contributed by atoms with Gasteiger partial charge < -0.3 is 25.0 Å². The number of urea groups is 1. The Hall–Kier alpha value is -2.32. The van der Waals surface area contributed by atoms with Gasteiger partial charge in [0.25, 0.3) is 5.91 Å². The van der Waals surface area contributed by atoms with Crippen LogP contribution < -0.4 is 15.4 Å². The third-order valence-corrected chi connectivity index (χ3v) is 5.87. The monoisotopic (exact) mass is 388 g/mol. The molecule has 1 aromatic rings. The SMILES string of the molecule is CN1C(=O)NCC12CN(Cc1ccc(OCC(=O)NCC3CCCO3)cc1)C2. The van der Waals surface area contributed by atoms with Gasteiger partial charge in [0.15, 0.2) is 6.61 Å². The Balaban J connectivity index is 1.17. The van der Waals surface area contributed by atoms with Gasteiger partial charge >= 0.3 is 6.03 Å². The lowest BCUT2D eigenvalue weighted by molar-refractivity contribution is -0.123. The highest BCUT2D eigenvalue weighted by Gasteiger charge is 2.51. The summed E-state index contributed by atoms with van der Waals surface area (Å²) in [6.45, 7) is 4.67. The Kier molecular flexibility index (Phi) is 5.41. The predicted octanol–water partition coefficient (Wildman–Crippen LogP) is 0.570.